The van der Waals surface area contributed by atoms with Gasteiger partial charge in [0.15, 0.2) is 0 Å². The lowest BCUT2D eigenvalue weighted by Gasteiger charge is -2.26. The molecule has 4 aromatic rings. The van der Waals surface area contributed by atoms with Crippen molar-refractivity contribution in [2.24, 2.45) is 0 Å². The van der Waals surface area contributed by atoms with E-state index in [0.29, 0.717) is 18.7 Å². The van der Waals surface area contributed by atoms with Gasteiger partial charge in [-0.25, -0.2) is 4.98 Å². The Bertz CT molecular complexity index is 1200. The Labute approximate surface area is 180 Å². The molecule has 1 saturated heterocycles. The molecule has 0 radical (unpaired) electrons. The Morgan fingerprint density at radius 1 is 1.13 bits per heavy atom. The fourth-order valence-corrected chi connectivity index (χ4v) is 4.39. The normalized spacial score (nSPS) is 17.2. The summed E-state index contributed by atoms with van der Waals surface area (Å²) in [6.45, 7) is 0.688. The summed E-state index contributed by atoms with van der Waals surface area (Å²) in [7, 11) is 0. The summed E-state index contributed by atoms with van der Waals surface area (Å²) in [5.74, 6) is -0.0831. The summed E-state index contributed by atoms with van der Waals surface area (Å²) in [6.07, 6.45) is 7.11. The minimum absolute atomic E-state index is 0.00559. The summed E-state index contributed by atoms with van der Waals surface area (Å²) >= 11 is 0. The third-order valence-electron chi connectivity index (χ3n) is 6.03. The predicted octanol–water partition coefficient (Wildman–Crippen LogP) is 4.35. The van der Waals surface area contributed by atoms with Crippen molar-refractivity contribution in [3.63, 3.8) is 0 Å². The average molecular weight is 412 g/mol. The van der Waals surface area contributed by atoms with Gasteiger partial charge in [0.1, 0.15) is 11.3 Å². The average Bonchev–Trinajstić information content (AvgIpc) is 3.48. The van der Waals surface area contributed by atoms with E-state index in [2.05, 4.69) is 21.0 Å². The number of nitrogens with one attached hydrogen (secondary N) is 1. The third-order valence-corrected chi connectivity index (χ3v) is 6.03. The van der Waals surface area contributed by atoms with Crippen molar-refractivity contribution in [2.45, 2.75) is 31.4 Å². The number of benzene rings is 1. The van der Waals surface area contributed by atoms with Crippen LogP contribution >= 0.6 is 0 Å². The largest absolute Gasteiger partial charge is 0.388 e. The van der Waals surface area contributed by atoms with Crippen LogP contribution in [-0.2, 0) is 0 Å². The molecule has 1 aliphatic heterocycles. The van der Waals surface area contributed by atoms with Gasteiger partial charge in [-0.2, -0.15) is 0 Å². The van der Waals surface area contributed by atoms with E-state index >= 15 is 0 Å². The molecular weight excluding hydrogens is 388 g/mol. The highest BCUT2D eigenvalue weighted by Gasteiger charge is 2.32. The fraction of sp³-hybridized carbons (Fsp3) is 0.240. The molecule has 2 atom stereocenters. The minimum Gasteiger partial charge on any atom is -0.388 e. The number of hydrogen-bond acceptors (Lipinski definition) is 4. The number of H-pyrrole nitrogens is 1. The molecule has 156 valence electrons. The number of aliphatic hydroxyl groups excluding tert-OH is 1. The van der Waals surface area contributed by atoms with Crippen molar-refractivity contribution >= 4 is 16.9 Å². The van der Waals surface area contributed by atoms with E-state index in [1.807, 2.05) is 59.6 Å². The Hall–Kier alpha value is -3.51. The fourth-order valence-electron chi connectivity index (χ4n) is 4.39. The molecule has 2 unspecified atom stereocenters. The van der Waals surface area contributed by atoms with E-state index in [1.54, 1.807) is 12.4 Å². The SMILES string of the molecule is O=C(c1cc(-c2cnc3[nH]ccc3c2)ccn1)N1CCCC1CC(O)c1ccccc1. The zero-order valence-electron chi connectivity index (χ0n) is 17.1. The second-order valence-electron chi connectivity index (χ2n) is 8.03. The van der Waals surface area contributed by atoms with Crippen LogP contribution in [-0.4, -0.2) is 43.5 Å². The zero-order valence-corrected chi connectivity index (χ0v) is 17.1. The molecular formula is C25H24N4O2. The number of aliphatic hydroxyl groups is 1. The number of carbonyl (C=O) groups excluding carboxylic acids is 1. The molecule has 31 heavy (non-hydrogen) atoms. The van der Waals surface area contributed by atoms with Crippen molar-refractivity contribution in [1.29, 1.82) is 0 Å². The number of carbonyl (C=O) groups is 1. The first-order valence-electron chi connectivity index (χ1n) is 10.6. The van der Waals surface area contributed by atoms with Crippen molar-refractivity contribution in [1.82, 2.24) is 19.9 Å². The molecule has 5 rings (SSSR count). The highest BCUT2D eigenvalue weighted by molar-refractivity contribution is 5.94. The van der Waals surface area contributed by atoms with Crippen molar-refractivity contribution in [3.05, 3.63) is 84.4 Å². The molecule has 0 saturated carbocycles. The molecule has 2 N–H and O–H groups in total. The van der Waals surface area contributed by atoms with Crippen LogP contribution in [0.2, 0.25) is 0 Å². The van der Waals surface area contributed by atoms with Crippen LogP contribution in [0.15, 0.2) is 73.2 Å². The van der Waals surface area contributed by atoms with Crippen LogP contribution in [0, 0.1) is 0 Å². The van der Waals surface area contributed by atoms with Gasteiger partial charge in [-0.15, -0.1) is 0 Å². The Morgan fingerprint density at radius 2 is 2.00 bits per heavy atom. The zero-order chi connectivity index (χ0) is 21.2. The standard InChI is InChI=1S/C25H24N4O2/c30-23(17-5-2-1-3-6-17)15-21-7-4-12-29(21)25(31)22-14-18(8-10-26-22)20-13-19-9-11-27-24(19)28-16-20/h1-3,5-6,8-11,13-14,16,21,23,30H,4,7,12,15H2,(H,27,28). The number of amides is 1. The molecule has 6 nitrogen and oxygen atoms in total. The van der Waals surface area contributed by atoms with Crippen LogP contribution in [0.3, 0.4) is 0 Å². The number of hydrogen-bond donors (Lipinski definition) is 2. The van der Waals surface area contributed by atoms with Crippen molar-refractivity contribution in [3.8, 4) is 11.1 Å². The van der Waals surface area contributed by atoms with Crippen LogP contribution in [0.4, 0.5) is 0 Å². The maximum Gasteiger partial charge on any atom is 0.272 e. The summed E-state index contributed by atoms with van der Waals surface area (Å²) in [5, 5.41) is 11.7. The van der Waals surface area contributed by atoms with Gasteiger partial charge >= 0.3 is 0 Å². The lowest BCUT2D eigenvalue weighted by molar-refractivity contribution is 0.0661. The number of pyridine rings is 2. The predicted molar refractivity (Wildman–Crippen MR) is 119 cm³/mol. The first kappa shape index (κ1) is 19.5. The number of likely N-dealkylation sites (tertiary alicyclic amines) is 1. The third kappa shape index (κ3) is 3.94. The van der Waals surface area contributed by atoms with Gasteiger partial charge in [0.2, 0.25) is 0 Å². The maximum atomic E-state index is 13.3. The minimum atomic E-state index is -0.585. The molecule has 0 bridgehead atoms. The highest BCUT2D eigenvalue weighted by atomic mass is 16.3. The number of aromatic nitrogens is 3. The highest BCUT2D eigenvalue weighted by Crippen LogP contribution is 2.29. The molecule has 6 heteroatoms. The van der Waals surface area contributed by atoms with Gasteiger partial charge in [0, 0.05) is 42.1 Å². The van der Waals surface area contributed by atoms with Crippen molar-refractivity contribution in [2.75, 3.05) is 6.54 Å². The molecule has 0 spiro atoms. The van der Waals surface area contributed by atoms with E-state index < -0.39 is 6.10 Å². The van der Waals surface area contributed by atoms with E-state index in [4.69, 9.17) is 0 Å². The summed E-state index contributed by atoms with van der Waals surface area (Å²) in [6, 6.07) is 17.4. The Kier molecular flexibility index (Phi) is 5.22. The van der Waals surface area contributed by atoms with Gasteiger partial charge in [-0.3, -0.25) is 9.78 Å². The first-order valence-corrected chi connectivity index (χ1v) is 10.6. The summed E-state index contributed by atoms with van der Waals surface area (Å²) < 4.78 is 0. The van der Waals surface area contributed by atoms with Gasteiger partial charge in [-0.1, -0.05) is 30.3 Å². The molecule has 1 fully saturated rings. The Balaban J connectivity index is 1.36. The quantitative estimate of drug-likeness (QED) is 0.510. The number of aromatic amines is 1. The van der Waals surface area contributed by atoms with E-state index in [-0.39, 0.29) is 11.9 Å². The first-order chi connectivity index (χ1) is 15.2. The second kappa shape index (κ2) is 8.32. The lowest BCUT2D eigenvalue weighted by Crippen LogP contribution is -2.37. The Morgan fingerprint density at radius 3 is 2.87 bits per heavy atom. The summed E-state index contributed by atoms with van der Waals surface area (Å²) in [4.78, 5) is 27.0. The molecule has 0 aliphatic carbocycles. The van der Waals surface area contributed by atoms with E-state index in [1.165, 1.54) is 0 Å². The van der Waals surface area contributed by atoms with Gasteiger partial charge in [0.05, 0.1) is 6.10 Å². The molecule has 1 amide bonds. The molecule has 1 aliphatic rings. The topological polar surface area (TPSA) is 82.1 Å². The number of rotatable bonds is 5. The van der Waals surface area contributed by atoms with E-state index in [9.17, 15) is 9.90 Å². The van der Waals surface area contributed by atoms with Crippen LogP contribution in [0.25, 0.3) is 22.2 Å². The van der Waals surface area contributed by atoms with Gasteiger partial charge < -0.3 is 15.0 Å². The second-order valence-corrected chi connectivity index (χ2v) is 8.03. The lowest BCUT2D eigenvalue weighted by atomic mass is 10.0. The van der Waals surface area contributed by atoms with Crippen molar-refractivity contribution < 1.29 is 9.90 Å². The molecule has 4 heterocycles. The monoisotopic (exact) mass is 412 g/mol. The molecule has 1 aromatic carbocycles. The summed E-state index contributed by atoms with van der Waals surface area (Å²) in [5.41, 5.74) is 4.00. The van der Waals surface area contributed by atoms with Crippen LogP contribution < -0.4 is 0 Å². The van der Waals surface area contributed by atoms with E-state index in [0.717, 1.165) is 40.6 Å². The number of fused-ring (bicyclic) bond motifs is 1. The van der Waals surface area contributed by atoms with Crippen LogP contribution in [0.5, 0.6) is 0 Å². The van der Waals surface area contributed by atoms with Gasteiger partial charge in [0.25, 0.3) is 5.91 Å². The van der Waals surface area contributed by atoms with Crippen LogP contribution in [0.1, 0.15) is 41.4 Å². The number of nitrogens with zero attached hydrogens (tertiary/aromatic N) is 3. The molecule has 3 aromatic heterocycles. The van der Waals surface area contributed by atoms with Gasteiger partial charge in [-0.05, 0) is 54.7 Å². The maximum absolute atomic E-state index is 13.3. The smallest absolute Gasteiger partial charge is 0.272 e.